The SMILES string of the molecule is C#Cc1sc2c(ccc3c2c2ccccc2n3-c2cc(-c3ccc(-c4nc(-c5ccccc5)cc(-c5ccccc5)n4)cc3)c3sc4ccccc4c3c2)c1/C=C\C. The van der Waals surface area contributed by atoms with Crippen molar-refractivity contribution in [3.8, 4) is 63.1 Å². The minimum atomic E-state index is 0.697. The van der Waals surface area contributed by atoms with Crippen LogP contribution in [0.2, 0.25) is 0 Å². The first-order chi connectivity index (χ1) is 28.7. The van der Waals surface area contributed by atoms with E-state index in [-0.39, 0.29) is 0 Å². The molecule has 0 saturated carbocycles. The van der Waals surface area contributed by atoms with Gasteiger partial charge in [0, 0.05) is 74.5 Å². The van der Waals surface area contributed by atoms with Crippen LogP contribution in [-0.4, -0.2) is 14.5 Å². The molecule has 11 aromatic rings. The van der Waals surface area contributed by atoms with Gasteiger partial charge < -0.3 is 4.57 Å². The van der Waals surface area contributed by atoms with Crippen LogP contribution in [0.3, 0.4) is 0 Å². The molecule has 0 aliphatic carbocycles. The van der Waals surface area contributed by atoms with Crippen LogP contribution in [0.5, 0.6) is 0 Å². The predicted molar refractivity (Wildman–Crippen MR) is 249 cm³/mol. The van der Waals surface area contributed by atoms with E-state index < -0.39 is 0 Å². The molecular weight excluding hydrogens is 743 g/mol. The van der Waals surface area contributed by atoms with Crippen LogP contribution in [0.4, 0.5) is 0 Å². The van der Waals surface area contributed by atoms with Gasteiger partial charge in [-0.1, -0.05) is 145 Å². The van der Waals surface area contributed by atoms with Crippen LogP contribution >= 0.6 is 22.7 Å². The summed E-state index contributed by atoms with van der Waals surface area (Å²) in [4.78, 5) is 11.2. The van der Waals surface area contributed by atoms with Gasteiger partial charge in [-0.25, -0.2) is 9.97 Å². The van der Waals surface area contributed by atoms with Crippen LogP contribution in [0.25, 0.3) is 109 Å². The Labute approximate surface area is 343 Å². The highest BCUT2D eigenvalue weighted by molar-refractivity contribution is 7.26. The topological polar surface area (TPSA) is 30.7 Å². The van der Waals surface area contributed by atoms with Gasteiger partial charge in [0.2, 0.25) is 0 Å². The molecule has 0 N–H and O–H groups in total. The Balaban J connectivity index is 1.11. The van der Waals surface area contributed by atoms with Crippen LogP contribution in [0, 0.1) is 12.3 Å². The van der Waals surface area contributed by atoms with Gasteiger partial charge >= 0.3 is 0 Å². The zero-order chi connectivity index (χ0) is 38.7. The third-order valence-electron chi connectivity index (χ3n) is 11.0. The molecular formula is C53H33N3S2. The zero-order valence-corrected chi connectivity index (χ0v) is 33.1. The summed E-state index contributed by atoms with van der Waals surface area (Å²) in [6, 6.07) is 58.3. The maximum absolute atomic E-state index is 6.08. The zero-order valence-electron chi connectivity index (χ0n) is 31.5. The highest BCUT2D eigenvalue weighted by Gasteiger charge is 2.21. The van der Waals surface area contributed by atoms with Gasteiger partial charge in [-0.2, -0.15) is 0 Å². The molecule has 0 spiro atoms. The average molecular weight is 776 g/mol. The number of thiophene rings is 2. The fraction of sp³-hybridized carbons (Fsp3) is 0.0189. The summed E-state index contributed by atoms with van der Waals surface area (Å²) in [7, 11) is 0. The fourth-order valence-corrected chi connectivity index (χ4v) is 10.8. The molecule has 0 saturated heterocycles. The smallest absolute Gasteiger partial charge is 0.160 e. The number of aromatic nitrogens is 3. The van der Waals surface area contributed by atoms with Crippen molar-refractivity contribution in [2.45, 2.75) is 6.92 Å². The van der Waals surface area contributed by atoms with Crippen LogP contribution in [0.1, 0.15) is 17.4 Å². The number of rotatable bonds is 6. The number of allylic oxidation sites excluding steroid dienone is 1. The standard InChI is InChI=1S/C53H33N3S2/c1-3-15-38-40-28-29-47-50(52(40)57-48(38)4-2)41-21-11-13-22-46(41)56(47)37-30-42(51-43(31-37)39-20-12-14-23-49(39)58-51)33-24-26-36(27-25-33)53-54-44(34-16-7-5-8-17-34)32-45(55-53)35-18-9-6-10-19-35/h2-3,5-32H,1H3/b15-3-. The number of benzene rings is 7. The van der Waals surface area contributed by atoms with Crippen LogP contribution in [-0.2, 0) is 0 Å². The lowest BCUT2D eigenvalue weighted by Gasteiger charge is -2.13. The third-order valence-corrected chi connectivity index (χ3v) is 13.4. The normalized spacial score (nSPS) is 11.8. The van der Waals surface area contributed by atoms with Crippen molar-refractivity contribution in [1.29, 1.82) is 0 Å². The van der Waals surface area contributed by atoms with Crippen LogP contribution in [0.15, 0.2) is 170 Å². The Morgan fingerprint density at radius 3 is 1.91 bits per heavy atom. The summed E-state index contributed by atoms with van der Waals surface area (Å²) in [6.07, 6.45) is 10.3. The number of nitrogens with zero attached hydrogens (tertiary/aromatic N) is 3. The van der Waals surface area contributed by atoms with E-state index in [0.29, 0.717) is 5.82 Å². The molecule has 0 unspecified atom stereocenters. The molecule has 0 aliphatic heterocycles. The van der Waals surface area contributed by atoms with Crippen molar-refractivity contribution in [3.63, 3.8) is 0 Å². The Morgan fingerprint density at radius 2 is 1.21 bits per heavy atom. The Bertz CT molecular complexity index is 3390. The van der Waals surface area contributed by atoms with Gasteiger partial charge in [0.05, 0.1) is 27.3 Å². The average Bonchev–Trinajstić information content (AvgIpc) is 3.96. The first-order valence-electron chi connectivity index (χ1n) is 19.3. The third kappa shape index (κ3) is 5.49. The number of hydrogen-bond donors (Lipinski definition) is 0. The van der Waals surface area contributed by atoms with E-state index in [9.17, 15) is 0 Å². The second kappa shape index (κ2) is 13.8. The van der Waals surface area contributed by atoms with E-state index in [2.05, 4.69) is 174 Å². The van der Waals surface area contributed by atoms with Gasteiger partial charge in [0.25, 0.3) is 0 Å². The highest BCUT2D eigenvalue weighted by atomic mass is 32.1. The van der Waals surface area contributed by atoms with Gasteiger partial charge in [-0.05, 0) is 48.9 Å². The van der Waals surface area contributed by atoms with Crippen molar-refractivity contribution in [1.82, 2.24) is 14.5 Å². The quantitative estimate of drug-likeness (QED) is 0.158. The molecule has 0 atom stereocenters. The maximum Gasteiger partial charge on any atom is 0.160 e. The summed E-state index contributed by atoms with van der Waals surface area (Å²) in [6.45, 7) is 2.04. The summed E-state index contributed by atoms with van der Waals surface area (Å²) >= 11 is 3.56. The second-order valence-electron chi connectivity index (χ2n) is 14.4. The molecule has 0 amide bonds. The van der Waals surface area contributed by atoms with E-state index in [1.165, 1.54) is 46.6 Å². The van der Waals surface area contributed by atoms with Gasteiger partial charge in [0.1, 0.15) is 0 Å². The number of fused-ring (bicyclic) bond motifs is 8. The maximum atomic E-state index is 6.08. The van der Waals surface area contributed by atoms with Crippen molar-refractivity contribution >= 4 is 80.8 Å². The molecule has 3 nitrogen and oxygen atoms in total. The Hall–Kier alpha value is -7.10. The molecule has 272 valence electrons. The van der Waals surface area contributed by atoms with Crippen molar-refractivity contribution in [3.05, 3.63) is 180 Å². The lowest BCUT2D eigenvalue weighted by Crippen LogP contribution is -1.96. The largest absolute Gasteiger partial charge is 0.309 e. The minimum Gasteiger partial charge on any atom is -0.309 e. The molecule has 4 aromatic heterocycles. The highest BCUT2D eigenvalue weighted by Crippen LogP contribution is 2.46. The summed E-state index contributed by atoms with van der Waals surface area (Å²) in [5.74, 6) is 3.67. The van der Waals surface area contributed by atoms with Gasteiger partial charge in [-0.3, -0.25) is 0 Å². The number of para-hydroxylation sites is 1. The van der Waals surface area contributed by atoms with E-state index in [1.54, 1.807) is 11.3 Å². The molecule has 11 rings (SSSR count). The first-order valence-corrected chi connectivity index (χ1v) is 20.9. The minimum absolute atomic E-state index is 0.697. The second-order valence-corrected chi connectivity index (χ2v) is 16.5. The monoisotopic (exact) mass is 775 g/mol. The summed E-state index contributed by atoms with van der Waals surface area (Å²) in [5, 5.41) is 6.16. The van der Waals surface area contributed by atoms with E-state index >= 15 is 0 Å². The van der Waals surface area contributed by atoms with Crippen molar-refractivity contribution < 1.29 is 0 Å². The van der Waals surface area contributed by atoms with E-state index in [0.717, 1.165) is 60.8 Å². The molecule has 7 aromatic carbocycles. The van der Waals surface area contributed by atoms with E-state index in [1.807, 2.05) is 30.4 Å². The molecule has 0 radical (unpaired) electrons. The van der Waals surface area contributed by atoms with Gasteiger partial charge in [-0.15, -0.1) is 29.1 Å². The lowest BCUT2D eigenvalue weighted by molar-refractivity contribution is 1.18. The van der Waals surface area contributed by atoms with Crippen molar-refractivity contribution in [2.24, 2.45) is 0 Å². The molecule has 5 heteroatoms. The lowest BCUT2D eigenvalue weighted by atomic mass is 9.99. The first kappa shape index (κ1) is 34.2. The van der Waals surface area contributed by atoms with E-state index in [4.69, 9.17) is 16.4 Å². The number of hydrogen-bond acceptors (Lipinski definition) is 4. The molecule has 0 fully saturated rings. The molecule has 0 bridgehead atoms. The number of terminal acetylenes is 1. The summed E-state index contributed by atoms with van der Waals surface area (Å²) in [5.41, 5.74) is 11.8. The van der Waals surface area contributed by atoms with Gasteiger partial charge in [0.15, 0.2) is 5.82 Å². The predicted octanol–water partition coefficient (Wildman–Crippen LogP) is 14.8. The molecule has 4 heterocycles. The Kier molecular flexibility index (Phi) is 8.15. The molecule has 0 aliphatic rings. The fourth-order valence-electron chi connectivity index (χ4n) is 8.39. The van der Waals surface area contributed by atoms with Crippen molar-refractivity contribution in [2.75, 3.05) is 0 Å². The Morgan fingerprint density at radius 1 is 0.552 bits per heavy atom. The molecule has 58 heavy (non-hydrogen) atoms. The summed E-state index contributed by atoms with van der Waals surface area (Å²) < 4.78 is 6.20. The van der Waals surface area contributed by atoms with Crippen LogP contribution < -0.4 is 0 Å².